The van der Waals surface area contributed by atoms with Gasteiger partial charge in [0.1, 0.15) is 16.5 Å². The number of hydrogen-bond acceptors (Lipinski definition) is 9. The van der Waals surface area contributed by atoms with E-state index in [2.05, 4.69) is 4.98 Å². The zero-order valence-corrected chi connectivity index (χ0v) is 16.4. The number of phenols is 2. The molecule has 0 aliphatic carbocycles. The highest BCUT2D eigenvalue weighted by Gasteiger charge is 2.18. The summed E-state index contributed by atoms with van der Waals surface area (Å²) in [5.74, 6) is -0.838. The third kappa shape index (κ3) is 4.46. The molecule has 0 amide bonds. The number of thiazole rings is 1. The smallest absolute Gasteiger partial charge is 0.358 e. The second-order valence-electron chi connectivity index (χ2n) is 5.81. The van der Waals surface area contributed by atoms with E-state index in [0.29, 0.717) is 16.5 Å². The van der Waals surface area contributed by atoms with Crippen LogP contribution in [0.4, 0.5) is 0 Å². The van der Waals surface area contributed by atoms with E-state index >= 15 is 0 Å². The lowest BCUT2D eigenvalue weighted by Gasteiger charge is -2.08. The van der Waals surface area contributed by atoms with E-state index in [1.807, 2.05) is 0 Å². The van der Waals surface area contributed by atoms with Crippen LogP contribution in [-0.4, -0.2) is 47.8 Å². The number of carbonyl (C=O) groups is 2. The number of aromatic nitrogens is 1. The number of Topliss-reactive ketones (excluding diaryl/α,β-unsaturated/α-hetero) is 1. The van der Waals surface area contributed by atoms with Crippen LogP contribution in [0.15, 0.2) is 41.8 Å². The number of hydrogen-bond donors (Lipinski definition) is 2. The summed E-state index contributed by atoms with van der Waals surface area (Å²) >= 11 is 1.24. The van der Waals surface area contributed by atoms with Gasteiger partial charge in [-0.15, -0.1) is 11.3 Å². The molecule has 29 heavy (non-hydrogen) atoms. The van der Waals surface area contributed by atoms with Gasteiger partial charge in [-0.25, -0.2) is 9.78 Å². The Morgan fingerprint density at radius 2 is 1.79 bits per heavy atom. The van der Waals surface area contributed by atoms with Crippen LogP contribution < -0.4 is 9.47 Å². The molecule has 0 aliphatic rings. The molecule has 3 aromatic rings. The molecule has 0 atom stereocenters. The van der Waals surface area contributed by atoms with Crippen LogP contribution in [0.2, 0.25) is 0 Å². The van der Waals surface area contributed by atoms with Gasteiger partial charge >= 0.3 is 5.97 Å². The molecule has 3 rings (SSSR count). The summed E-state index contributed by atoms with van der Waals surface area (Å²) in [5, 5.41) is 21.1. The molecule has 9 heteroatoms. The zero-order chi connectivity index (χ0) is 21.0. The molecule has 2 aromatic carbocycles. The van der Waals surface area contributed by atoms with Gasteiger partial charge in [-0.1, -0.05) is 0 Å². The van der Waals surface area contributed by atoms with Crippen LogP contribution in [0.25, 0.3) is 10.6 Å². The number of nitrogens with zero attached hydrogens (tertiary/aromatic N) is 1. The Labute approximate surface area is 169 Å². The van der Waals surface area contributed by atoms with Gasteiger partial charge in [0.15, 0.2) is 23.8 Å². The lowest BCUT2D eigenvalue weighted by atomic mass is 10.1. The average molecular weight is 415 g/mol. The van der Waals surface area contributed by atoms with Crippen LogP contribution in [0.1, 0.15) is 20.8 Å². The third-order valence-electron chi connectivity index (χ3n) is 3.96. The third-order valence-corrected chi connectivity index (χ3v) is 4.85. The highest BCUT2D eigenvalue weighted by molar-refractivity contribution is 7.13. The van der Waals surface area contributed by atoms with E-state index in [4.69, 9.17) is 14.2 Å². The van der Waals surface area contributed by atoms with E-state index in [1.165, 1.54) is 43.1 Å². The summed E-state index contributed by atoms with van der Waals surface area (Å²) in [5.41, 5.74) is 0.735. The second kappa shape index (κ2) is 8.61. The lowest BCUT2D eigenvalue weighted by Crippen LogP contribution is -2.14. The van der Waals surface area contributed by atoms with Crippen molar-refractivity contribution in [3.05, 3.63) is 53.0 Å². The van der Waals surface area contributed by atoms with Crippen molar-refractivity contribution in [2.24, 2.45) is 0 Å². The Bertz CT molecular complexity index is 1060. The molecule has 0 radical (unpaired) electrons. The first-order valence-corrected chi connectivity index (χ1v) is 9.21. The van der Waals surface area contributed by atoms with E-state index in [1.54, 1.807) is 18.2 Å². The summed E-state index contributed by atoms with van der Waals surface area (Å²) in [7, 11) is 3.06. The molecule has 0 bridgehead atoms. The summed E-state index contributed by atoms with van der Waals surface area (Å²) in [4.78, 5) is 28.6. The summed E-state index contributed by atoms with van der Waals surface area (Å²) in [6, 6.07) is 8.79. The van der Waals surface area contributed by atoms with E-state index in [0.717, 1.165) is 11.6 Å². The molecule has 8 nitrogen and oxygen atoms in total. The fourth-order valence-corrected chi connectivity index (χ4v) is 3.29. The van der Waals surface area contributed by atoms with Crippen LogP contribution in [0.3, 0.4) is 0 Å². The van der Waals surface area contributed by atoms with Gasteiger partial charge in [-0.2, -0.15) is 0 Å². The number of rotatable bonds is 7. The van der Waals surface area contributed by atoms with Crippen molar-refractivity contribution >= 4 is 23.1 Å². The Balaban J connectivity index is 1.69. The molecular weight excluding hydrogens is 398 g/mol. The van der Waals surface area contributed by atoms with E-state index in [9.17, 15) is 19.8 Å². The fraction of sp³-hybridized carbons (Fsp3) is 0.150. The molecule has 0 aliphatic heterocycles. The van der Waals surface area contributed by atoms with Gasteiger partial charge in [-0.3, -0.25) is 4.79 Å². The van der Waals surface area contributed by atoms with Gasteiger partial charge < -0.3 is 24.4 Å². The van der Waals surface area contributed by atoms with Crippen molar-refractivity contribution < 1.29 is 34.0 Å². The molecule has 0 unspecified atom stereocenters. The van der Waals surface area contributed by atoms with Crippen molar-refractivity contribution in [3.8, 4) is 33.6 Å². The fourth-order valence-electron chi connectivity index (χ4n) is 2.51. The number of aromatic hydroxyl groups is 2. The Kier molecular flexibility index (Phi) is 5.99. The first kappa shape index (κ1) is 20.2. The van der Waals surface area contributed by atoms with Gasteiger partial charge in [0.05, 0.1) is 19.8 Å². The number of ketones is 1. The minimum absolute atomic E-state index is 0.0557. The summed E-state index contributed by atoms with van der Waals surface area (Å²) in [6.07, 6.45) is 0. The van der Waals surface area contributed by atoms with Crippen molar-refractivity contribution in [2.75, 3.05) is 20.8 Å². The maximum Gasteiger partial charge on any atom is 0.358 e. The molecule has 150 valence electrons. The second-order valence-corrected chi connectivity index (χ2v) is 6.67. The van der Waals surface area contributed by atoms with Gasteiger partial charge in [0.2, 0.25) is 5.78 Å². The molecule has 0 spiro atoms. The topological polar surface area (TPSA) is 115 Å². The lowest BCUT2D eigenvalue weighted by molar-refractivity contribution is 0.0469. The standard InChI is InChI=1S/C20H17NO7S/c1-26-17-6-3-11(7-18(17)27-2)19-21-14(10-29-19)20(25)28-9-16(24)13-5-4-12(22)8-15(13)23/h3-8,10,22-23H,9H2,1-2H3. The Hall–Kier alpha value is -3.59. The molecule has 2 N–H and O–H groups in total. The predicted molar refractivity (Wildman–Crippen MR) is 105 cm³/mol. The Morgan fingerprint density at radius 1 is 1.03 bits per heavy atom. The monoisotopic (exact) mass is 415 g/mol. The average Bonchev–Trinajstić information content (AvgIpc) is 3.21. The maximum absolute atomic E-state index is 12.2. The highest BCUT2D eigenvalue weighted by atomic mass is 32.1. The number of phenolic OH excluding ortho intramolecular Hbond substituents is 2. The molecule has 0 saturated heterocycles. The highest BCUT2D eigenvalue weighted by Crippen LogP contribution is 2.33. The van der Waals surface area contributed by atoms with E-state index < -0.39 is 24.1 Å². The number of ether oxygens (including phenoxy) is 3. The summed E-state index contributed by atoms with van der Waals surface area (Å²) < 4.78 is 15.5. The maximum atomic E-state index is 12.2. The number of methoxy groups -OCH3 is 2. The van der Waals surface area contributed by atoms with Crippen molar-refractivity contribution in [1.29, 1.82) is 0 Å². The normalized spacial score (nSPS) is 10.4. The number of carbonyl (C=O) groups excluding carboxylic acids is 2. The molecular formula is C20H17NO7S. The van der Waals surface area contributed by atoms with Crippen LogP contribution in [0.5, 0.6) is 23.0 Å². The van der Waals surface area contributed by atoms with Crippen molar-refractivity contribution in [1.82, 2.24) is 4.98 Å². The zero-order valence-electron chi connectivity index (χ0n) is 15.5. The minimum atomic E-state index is -0.764. The number of esters is 1. The number of benzene rings is 2. The SMILES string of the molecule is COc1ccc(-c2nc(C(=O)OCC(=O)c3ccc(O)cc3O)cs2)cc1OC. The summed E-state index contributed by atoms with van der Waals surface area (Å²) in [6.45, 7) is -0.569. The van der Waals surface area contributed by atoms with Crippen molar-refractivity contribution in [2.45, 2.75) is 0 Å². The molecule has 1 heterocycles. The quantitative estimate of drug-likeness (QED) is 0.446. The van der Waals surface area contributed by atoms with Gasteiger partial charge in [-0.05, 0) is 30.3 Å². The van der Waals surface area contributed by atoms with Gasteiger partial charge in [0, 0.05) is 17.0 Å². The molecule has 0 fully saturated rings. The van der Waals surface area contributed by atoms with Crippen LogP contribution >= 0.6 is 11.3 Å². The Morgan fingerprint density at radius 3 is 2.48 bits per heavy atom. The molecule has 1 aromatic heterocycles. The first-order valence-electron chi connectivity index (χ1n) is 8.33. The first-order chi connectivity index (χ1) is 13.9. The van der Waals surface area contributed by atoms with E-state index in [-0.39, 0.29) is 17.0 Å². The minimum Gasteiger partial charge on any atom is -0.508 e. The van der Waals surface area contributed by atoms with Crippen LogP contribution in [-0.2, 0) is 4.74 Å². The van der Waals surface area contributed by atoms with Crippen LogP contribution in [0, 0.1) is 0 Å². The van der Waals surface area contributed by atoms with Crippen molar-refractivity contribution in [3.63, 3.8) is 0 Å². The predicted octanol–water partition coefficient (Wildman–Crippen LogP) is 3.28. The largest absolute Gasteiger partial charge is 0.508 e. The van der Waals surface area contributed by atoms with Gasteiger partial charge in [0.25, 0.3) is 0 Å². The molecule has 0 saturated carbocycles.